The number of hydrogen-bond donors (Lipinski definition) is 1. The van der Waals surface area contributed by atoms with Gasteiger partial charge in [0.2, 0.25) is 0 Å². The lowest BCUT2D eigenvalue weighted by Gasteiger charge is -2.25. The molecule has 2 aromatic carbocycles. The normalized spacial score (nSPS) is 21.2. The largest absolute Gasteiger partial charge is 0.507 e. The summed E-state index contributed by atoms with van der Waals surface area (Å²) in [6.07, 6.45) is 2.34. The molecule has 166 valence electrons. The van der Waals surface area contributed by atoms with Crippen molar-refractivity contribution in [3.63, 3.8) is 0 Å². The molecule has 2 unspecified atom stereocenters. The number of anilines is 1. The summed E-state index contributed by atoms with van der Waals surface area (Å²) in [5, 5.41) is 11.8. The number of carbonyl (C=O) groups is 2. The summed E-state index contributed by atoms with van der Waals surface area (Å²) in [4.78, 5) is 32.2. The van der Waals surface area contributed by atoms with Gasteiger partial charge in [0.05, 0.1) is 11.3 Å². The number of fused-ring (bicyclic) bond motifs is 1. The highest BCUT2D eigenvalue weighted by atomic mass is 35.5. The Morgan fingerprint density at radius 3 is 2.70 bits per heavy atom. The molecule has 1 fully saturated rings. The number of aromatic nitrogens is 1. The molecule has 7 heteroatoms. The molecule has 0 saturated carbocycles. The topological polar surface area (TPSA) is 79.7 Å². The molecule has 1 saturated heterocycles. The maximum Gasteiger partial charge on any atom is 0.300 e. The molecule has 1 aromatic heterocycles. The first-order valence-corrected chi connectivity index (χ1v) is 11.0. The van der Waals surface area contributed by atoms with Gasteiger partial charge in [0, 0.05) is 28.9 Å². The van der Waals surface area contributed by atoms with E-state index in [4.69, 9.17) is 16.3 Å². The first-order chi connectivity index (χ1) is 15.8. The van der Waals surface area contributed by atoms with Crippen LogP contribution in [0.25, 0.3) is 5.76 Å². The van der Waals surface area contributed by atoms with Crippen LogP contribution in [0.15, 0.2) is 66.4 Å². The standard InChI is InChI=1S/C26H21ClN2O4/c1-14-6-8-18(13-19(14)27)29-23(20-5-3-4-10-28-20)22(25(31)26(29)32)24(30)16-7-9-21-17(12-16)11-15(2)33-21/h3-10,12-13,15,23,30H,11H2,1-2H3/b24-22-. The Hall–Kier alpha value is -3.64. The van der Waals surface area contributed by atoms with E-state index in [1.165, 1.54) is 4.90 Å². The Morgan fingerprint density at radius 2 is 1.97 bits per heavy atom. The Kier molecular flexibility index (Phi) is 5.17. The van der Waals surface area contributed by atoms with Crippen LogP contribution in [0.5, 0.6) is 5.75 Å². The Balaban J connectivity index is 1.69. The van der Waals surface area contributed by atoms with Crippen molar-refractivity contribution in [2.75, 3.05) is 4.90 Å². The molecule has 1 amide bonds. The van der Waals surface area contributed by atoms with E-state index < -0.39 is 17.7 Å². The highest BCUT2D eigenvalue weighted by Gasteiger charge is 2.47. The van der Waals surface area contributed by atoms with Crippen LogP contribution in [0.4, 0.5) is 5.69 Å². The highest BCUT2D eigenvalue weighted by Crippen LogP contribution is 2.43. The average Bonchev–Trinajstić information content (AvgIpc) is 3.31. The SMILES string of the molecule is Cc1ccc(N2C(=O)C(=O)/C(=C(\O)c3ccc4c(c3)CC(C)O4)C2c2ccccn2)cc1Cl. The van der Waals surface area contributed by atoms with Gasteiger partial charge in [-0.25, -0.2) is 0 Å². The van der Waals surface area contributed by atoms with E-state index >= 15 is 0 Å². The first kappa shape index (κ1) is 21.2. The summed E-state index contributed by atoms with van der Waals surface area (Å²) < 4.78 is 5.74. The number of rotatable bonds is 3. The van der Waals surface area contributed by atoms with Crippen molar-refractivity contribution in [3.8, 4) is 5.75 Å². The van der Waals surface area contributed by atoms with Crippen LogP contribution in [0, 0.1) is 6.92 Å². The highest BCUT2D eigenvalue weighted by molar-refractivity contribution is 6.51. The molecule has 3 heterocycles. The summed E-state index contributed by atoms with van der Waals surface area (Å²) in [7, 11) is 0. The number of carbonyl (C=O) groups excluding carboxylic acids is 2. The molecular formula is C26H21ClN2O4. The minimum absolute atomic E-state index is 0.0117. The van der Waals surface area contributed by atoms with Gasteiger partial charge in [0.15, 0.2) is 0 Å². The fourth-order valence-electron chi connectivity index (χ4n) is 4.37. The fourth-order valence-corrected chi connectivity index (χ4v) is 4.55. The molecule has 0 aliphatic carbocycles. The molecular weight excluding hydrogens is 440 g/mol. The van der Waals surface area contributed by atoms with Crippen LogP contribution >= 0.6 is 11.6 Å². The Labute approximate surface area is 196 Å². The fraction of sp³-hybridized carbons (Fsp3) is 0.192. The van der Waals surface area contributed by atoms with E-state index in [9.17, 15) is 14.7 Å². The van der Waals surface area contributed by atoms with Crippen molar-refractivity contribution >= 4 is 34.7 Å². The summed E-state index contributed by atoms with van der Waals surface area (Å²) in [6, 6.07) is 14.8. The number of ether oxygens (including phenoxy) is 1. The third-order valence-corrected chi connectivity index (χ3v) is 6.42. The molecule has 6 nitrogen and oxygen atoms in total. The van der Waals surface area contributed by atoms with Crippen LogP contribution < -0.4 is 9.64 Å². The van der Waals surface area contributed by atoms with E-state index in [1.54, 1.807) is 60.8 Å². The van der Waals surface area contributed by atoms with E-state index in [-0.39, 0.29) is 17.4 Å². The summed E-state index contributed by atoms with van der Waals surface area (Å²) in [6.45, 7) is 3.83. The minimum Gasteiger partial charge on any atom is -0.507 e. The van der Waals surface area contributed by atoms with Gasteiger partial charge in [-0.2, -0.15) is 0 Å². The molecule has 0 spiro atoms. The van der Waals surface area contributed by atoms with Gasteiger partial charge >= 0.3 is 0 Å². The number of aliphatic hydroxyl groups excluding tert-OH is 1. The van der Waals surface area contributed by atoms with Crippen molar-refractivity contribution in [1.82, 2.24) is 4.98 Å². The van der Waals surface area contributed by atoms with Crippen molar-refractivity contribution in [2.45, 2.75) is 32.4 Å². The molecule has 5 rings (SSSR count). The maximum absolute atomic E-state index is 13.2. The number of ketones is 1. The Bertz CT molecular complexity index is 1320. The maximum atomic E-state index is 13.2. The summed E-state index contributed by atoms with van der Waals surface area (Å²) in [5.41, 5.74) is 3.16. The van der Waals surface area contributed by atoms with Crippen LogP contribution in [-0.2, 0) is 16.0 Å². The lowest BCUT2D eigenvalue weighted by molar-refractivity contribution is -0.132. The van der Waals surface area contributed by atoms with Crippen molar-refractivity contribution in [1.29, 1.82) is 0 Å². The van der Waals surface area contributed by atoms with Crippen molar-refractivity contribution in [3.05, 3.63) is 93.8 Å². The predicted octanol–water partition coefficient (Wildman–Crippen LogP) is 4.99. The van der Waals surface area contributed by atoms with Gasteiger partial charge in [-0.1, -0.05) is 23.7 Å². The smallest absolute Gasteiger partial charge is 0.300 e. The number of Topliss-reactive ketones (excluding diaryl/α,β-unsaturated/α-hetero) is 1. The Morgan fingerprint density at radius 1 is 1.15 bits per heavy atom. The molecule has 2 aliphatic heterocycles. The van der Waals surface area contributed by atoms with Gasteiger partial charge in [0.25, 0.3) is 11.7 Å². The molecule has 2 atom stereocenters. The number of aryl methyl sites for hydroxylation is 1. The molecule has 2 aliphatic rings. The van der Waals surface area contributed by atoms with Crippen LogP contribution in [0.2, 0.25) is 5.02 Å². The molecule has 1 N–H and O–H groups in total. The number of benzene rings is 2. The third kappa shape index (κ3) is 3.56. The second kappa shape index (κ2) is 8.05. The molecule has 0 bridgehead atoms. The number of halogens is 1. The zero-order valence-corrected chi connectivity index (χ0v) is 18.8. The second-order valence-electron chi connectivity index (χ2n) is 8.31. The van der Waals surface area contributed by atoms with Gasteiger partial charge < -0.3 is 9.84 Å². The zero-order chi connectivity index (χ0) is 23.3. The van der Waals surface area contributed by atoms with E-state index in [2.05, 4.69) is 4.98 Å². The predicted molar refractivity (Wildman–Crippen MR) is 125 cm³/mol. The lowest BCUT2D eigenvalue weighted by atomic mass is 9.96. The van der Waals surface area contributed by atoms with Gasteiger partial charge in [0.1, 0.15) is 23.7 Å². The van der Waals surface area contributed by atoms with Gasteiger partial charge in [-0.3, -0.25) is 19.5 Å². The number of amides is 1. The lowest BCUT2D eigenvalue weighted by Crippen LogP contribution is -2.29. The van der Waals surface area contributed by atoms with E-state index in [0.717, 1.165) is 16.9 Å². The average molecular weight is 461 g/mol. The number of hydrogen-bond acceptors (Lipinski definition) is 5. The van der Waals surface area contributed by atoms with Crippen molar-refractivity contribution in [2.24, 2.45) is 0 Å². The first-order valence-electron chi connectivity index (χ1n) is 10.6. The zero-order valence-electron chi connectivity index (χ0n) is 18.1. The molecule has 0 radical (unpaired) electrons. The van der Waals surface area contributed by atoms with E-state index in [1.807, 2.05) is 13.8 Å². The van der Waals surface area contributed by atoms with Gasteiger partial charge in [-0.15, -0.1) is 0 Å². The third-order valence-electron chi connectivity index (χ3n) is 6.02. The van der Waals surface area contributed by atoms with Gasteiger partial charge in [-0.05, 0) is 67.4 Å². The van der Waals surface area contributed by atoms with Crippen molar-refractivity contribution < 1.29 is 19.4 Å². The minimum atomic E-state index is -0.895. The van der Waals surface area contributed by atoms with Crippen LogP contribution in [0.1, 0.15) is 35.3 Å². The monoisotopic (exact) mass is 460 g/mol. The molecule has 33 heavy (non-hydrogen) atoms. The second-order valence-corrected chi connectivity index (χ2v) is 8.72. The van der Waals surface area contributed by atoms with E-state index in [0.29, 0.717) is 28.4 Å². The number of aliphatic hydroxyl groups is 1. The van der Waals surface area contributed by atoms with Crippen LogP contribution in [0.3, 0.4) is 0 Å². The number of pyridine rings is 1. The van der Waals surface area contributed by atoms with Crippen LogP contribution in [-0.4, -0.2) is 27.9 Å². The molecule has 3 aromatic rings. The quantitative estimate of drug-likeness (QED) is 0.338. The summed E-state index contributed by atoms with van der Waals surface area (Å²) in [5.74, 6) is -1.00. The summed E-state index contributed by atoms with van der Waals surface area (Å²) >= 11 is 6.32. The number of nitrogens with zero attached hydrogens (tertiary/aromatic N) is 2.